The topological polar surface area (TPSA) is 36.4 Å². The molecule has 0 saturated carbocycles. The highest BCUT2D eigenvalue weighted by molar-refractivity contribution is 9.10. The van der Waals surface area contributed by atoms with Gasteiger partial charge in [-0.25, -0.2) is 9.37 Å². The maximum absolute atomic E-state index is 13.9. The third-order valence-electron chi connectivity index (χ3n) is 4.13. The van der Waals surface area contributed by atoms with E-state index in [1.807, 2.05) is 0 Å². The molecule has 0 bridgehead atoms. The van der Waals surface area contributed by atoms with E-state index in [4.69, 9.17) is 0 Å². The first-order valence-corrected chi connectivity index (χ1v) is 8.57. The SMILES string of the molecule is O=C(c1ccc(Br)cc1F)N1CCN(c2ccc(C(F)(F)F)cn2)CC1. The predicted octanol–water partition coefficient (Wildman–Crippen LogP) is 3.96. The molecule has 4 nitrogen and oxygen atoms in total. The van der Waals surface area contributed by atoms with Crippen LogP contribution < -0.4 is 4.90 Å². The van der Waals surface area contributed by atoms with E-state index in [0.717, 1.165) is 12.3 Å². The molecule has 1 aromatic heterocycles. The Morgan fingerprint density at radius 1 is 1.08 bits per heavy atom. The van der Waals surface area contributed by atoms with Crippen LogP contribution >= 0.6 is 15.9 Å². The summed E-state index contributed by atoms with van der Waals surface area (Å²) in [6.45, 7) is 1.47. The molecule has 9 heteroatoms. The van der Waals surface area contributed by atoms with Gasteiger partial charge in [-0.3, -0.25) is 4.79 Å². The molecule has 2 heterocycles. The number of benzene rings is 1. The van der Waals surface area contributed by atoms with Gasteiger partial charge in [-0.15, -0.1) is 0 Å². The Hall–Kier alpha value is -2.16. The first-order chi connectivity index (χ1) is 12.3. The van der Waals surface area contributed by atoms with Crippen molar-refractivity contribution in [3.8, 4) is 0 Å². The van der Waals surface area contributed by atoms with E-state index in [1.165, 1.54) is 23.1 Å². The van der Waals surface area contributed by atoms with E-state index in [2.05, 4.69) is 20.9 Å². The number of carbonyl (C=O) groups excluding carboxylic acids is 1. The molecule has 0 atom stereocenters. The summed E-state index contributed by atoms with van der Waals surface area (Å²) in [4.78, 5) is 19.6. The molecule has 2 aromatic rings. The minimum Gasteiger partial charge on any atom is -0.353 e. The molecular formula is C17H14BrF4N3O. The number of nitrogens with zero attached hydrogens (tertiary/aromatic N) is 3. The molecule has 0 N–H and O–H groups in total. The van der Waals surface area contributed by atoms with Crippen LogP contribution in [0, 0.1) is 5.82 Å². The van der Waals surface area contributed by atoms with Crippen LogP contribution in [0.3, 0.4) is 0 Å². The fourth-order valence-corrected chi connectivity index (χ4v) is 3.05. The van der Waals surface area contributed by atoms with E-state index in [-0.39, 0.29) is 5.56 Å². The lowest BCUT2D eigenvalue weighted by atomic mass is 10.1. The number of hydrogen-bond acceptors (Lipinski definition) is 3. The van der Waals surface area contributed by atoms with E-state index in [1.54, 1.807) is 11.0 Å². The first-order valence-electron chi connectivity index (χ1n) is 7.78. The summed E-state index contributed by atoms with van der Waals surface area (Å²) < 4.78 is 52.3. The Morgan fingerprint density at radius 3 is 2.31 bits per heavy atom. The summed E-state index contributed by atoms with van der Waals surface area (Å²) in [5.74, 6) is -0.592. The molecule has 1 aliphatic rings. The smallest absolute Gasteiger partial charge is 0.353 e. The summed E-state index contributed by atoms with van der Waals surface area (Å²) in [5.41, 5.74) is -0.810. The molecule has 138 valence electrons. The van der Waals surface area contributed by atoms with Crippen LogP contribution in [-0.2, 0) is 6.18 Å². The summed E-state index contributed by atoms with van der Waals surface area (Å²) >= 11 is 3.14. The van der Waals surface area contributed by atoms with Crippen molar-refractivity contribution in [1.82, 2.24) is 9.88 Å². The number of halogens is 5. The largest absolute Gasteiger partial charge is 0.417 e. The molecule has 1 saturated heterocycles. The lowest BCUT2D eigenvalue weighted by Gasteiger charge is -2.35. The number of rotatable bonds is 2. The molecule has 1 amide bonds. The molecular weight excluding hydrogens is 418 g/mol. The number of pyridine rings is 1. The Bertz CT molecular complexity index is 803. The second-order valence-corrected chi connectivity index (χ2v) is 6.72. The second kappa shape index (κ2) is 7.22. The van der Waals surface area contributed by atoms with Gasteiger partial charge in [-0.2, -0.15) is 13.2 Å². The van der Waals surface area contributed by atoms with Crippen LogP contribution in [0.25, 0.3) is 0 Å². The van der Waals surface area contributed by atoms with E-state index in [0.29, 0.717) is 36.5 Å². The lowest BCUT2D eigenvalue weighted by molar-refractivity contribution is -0.137. The Labute approximate surface area is 155 Å². The highest BCUT2D eigenvalue weighted by Crippen LogP contribution is 2.29. The van der Waals surface area contributed by atoms with Gasteiger partial charge in [0.25, 0.3) is 5.91 Å². The zero-order valence-corrected chi connectivity index (χ0v) is 15.0. The molecule has 1 aromatic carbocycles. The van der Waals surface area contributed by atoms with Crippen molar-refractivity contribution in [2.75, 3.05) is 31.1 Å². The molecule has 1 fully saturated rings. The van der Waals surface area contributed by atoms with Gasteiger partial charge in [0.1, 0.15) is 11.6 Å². The zero-order valence-electron chi connectivity index (χ0n) is 13.4. The highest BCUT2D eigenvalue weighted by Gasteiger charge is 2.31. The van der Waals surface area contributed by atoms with E-state index >= 15 is 0 Å². The minimum atomic E-state index is -4.43. The minimum absolute atomic E-state index is 0.00527. The predicted molar refractivity (Wildman–Crippen MR) is 91.5 cm³/mol. The quantitative estimate of drug-likeness (QED) is 0.675. The molecule has 0 aliphatic carbocycles. The van der Waals surface area contributed by atoms with E-state index < -0.39 is 23.5 Å². The molecule has 0 radical (unpaired) electrons. The van der Waals surface area contributed by atoms with Crippen molar-refractivity contribution in [3.63, 3.8) is 0 Å². The fourth-order valence-electron chi connectivity index (χ4n) is 2.71. The molecule has 0 unspecified atom stereocenters. The fraction of sp³-hybridized carbons (Fsp3) is 0.294. The molecule has 26 heavy (non-hydrogen) atoms. The van der Waals surface area contributed by atoms with Crippen LogP contribution in [0.1, 0.15) is 15.9 Å². The van der Waals surface area contributed by atoms with Gasteiger partial charge >= 0.3 is 6.18 Å². The third-order valence-corrected chi connectivity index (χ3v) is 4.62. The number of anilines is 1. The number of carbonyl (C=O) groups is 1. The average Bonchev–Trinajstić information content (AvgIpc) is 2.61. The monoisotopic (exact) mass is 431 g/mol. The van der Waals surface area contributed by atoms with Gasteiger partial charge in [0, 0.05) is 36.8 Å². The highest BCUT2D eigenvalue weighted by atomic mass is 79.9. The second-order valence-electron chi connectivity index (χ2n) is 5.81. The Kier molecular flexibility index (Phi) is 5.17. The van der Waals surface area contributed by atoms with Gasteiger partial charge in [0.2, 0.25) is 0 Å². The Morgan fingerprint density at radius 2 is 1.77 bits per heavy atom. The average molecular weight is 432 g/mol. The van der Waals surface area contributed by atoms with Crippen LogP contribution in [0.5, 0.6) is 0 Å². The Balaban J connectivity index is 1.64. The first kappa shape index (κ1) is 18.6. The van der Waals surface area contributed by atoms with Crippen molar-refractivity contribution in [3.05, 3.63) is 57.9 Å². The molecule has 1 aliphatic heterocycles. The van der Waals surface area contributed by atoms with Gasteiger partial charge in [0.05, 0.1) is 11.1 Å². The van der Waals surface area contributed by atoms with Crippen LogP contribution in [0.4, 0.5) is 23.4 Å². The number of aromatic nitrogens is 1. The molecule has 0 spiro atoms. The van der Waals surface area contributed by atoms with Crippen LogP contribution in [-0.4, -0.2) is 42.0 Å². The van der Waals surface area contributed by atoms with Crippen LogP contribution in [0.15, 0.2) is 41.0 Å². The van der Waals surface area contributed by atoms with Gasteiger partial charge in [0.15, 0.2) is 0 Å². The maximum Gasteiger partial charge on any atom is 0.417 e. The lowest BCUT2D eigenvalue weighted by Crippen LogP contribution is -2.49. The number of piperazine rings is 1. The maximum atomic E-state index is 13.9. The summed E-state index contributed by atoms with van der Waals surface area (Å²) in [5, 5.41) is 0. The van der Waals surface area contributed by atoms with Crippen molar-refractivity contribution < 1.29 is 22.4 Å². The zero-order chi connectivity index (χ0) is 18.9. The summed E-state index contributed by atoms with van der Waals surface area (Å²) in [6, 6.07) is 6.55. The van der Waals surface area contributed by atoms with Crippen molar-refractivity contribution in [2.45, 2.75) is 6.18 Å². The van der Waals surface area contributed by atoms with Crippen LogP contribution in [0.2, 0.25) is 0 Å². The summed E-state index contributed by atoms with van der Waals surface area (Å²) in [7, 11) is 0. The number of alkyl halides is 3. The van der Waals surface area contributed by atoms with Gasteiger partial charge in [-0.05, 0) is 30.3 Å². The normalized spacial score (nSPS) is 15.3. The number of amides is 1. The van der Waals surface area contributed by atoms with Crippen molar-refractivity contribution in [1.29, 1.82) is 0 Å². The number of hydrogen-bond donors (Lipinski definition) is 0. The molecule has 3 rings (SSSR count). The van der Waals surface area contributed by atoms with Crippen molar-refractivity contribution in [2.24, 2.45) is 0 Å². The van der Waals surface area contributed by atoms with E-state index in [9.17, 15) is 22.4 Å². The van der Waals surface area contributed by atoms with Gasteiger partial charge in [-0.1, -0.05) is 15.9 Å². The summed E-state index contributed by atoms with van der Waals surface area (Å²) in [6.07, 6.45) is -3.63. The third kappa shape index (κ3) is 3.98. The van der Waals surface area contributed by atoms with Crippen molar-refractivity contribution >= 4 is 27.7 Å². The standard InChI is InChI=1S/C17H14BrF4N3O/c18-12-2-3-13(14(19)9-12)16(26)25-7-5-24(6-8-25)15-4-1-11(10-23-15)17(20,21)22/h1-4,9-10H,5-8H2. The van der Waals surface area contributed by atoms with Gasteiger partial charge < -0.3 is 9.80 Å².